The van der Waals surface area contributed by atoms with E-state index in [-0.39, 0.29) is 0 Å². The van der Waals surface area contributed by atoms with Crippen molar-refractivity contribution in [2.75, 3.05) is 0 Å². The van der Waals surface area contributed by atoms with E-state index in [2.05, 4.69) is 113 Å². The standard InChI is InChI=1S/C21H22Br2N2/c1-12-7-14(3)18(15(4)8-12)24-11-25(21(23)20(24)22)19-16(5)9-13(2)10-17(19)6/h7-10H,1-6H3. The molecule has 2 nitrogen and oxygen atoms in total. The number of hydrogen-bond donors (Lipinski definition) is 0. The molecule has 0 saturated carbocycles. The SMILES string of the molecule is Cc1cc(C)c(-n2[c-][n+](-c3c(C)cc(C)cc3C)c(Br)c2Br)c(C)c1. The summed E-state index contributed by atoms with van der Waals surface area (Å²) in [5.41, 5.74) is 9.84. The van der Waals surface area contributed by atoms with Crippen molar-refractivity contribution in [3.05, 3.63) is 73.2 Å². The number of hydrogen-bond acceptors (Lipinski definition) is 0. The van der Waals surface area contributed by atoms with Gasteiger partial charge < -0.3 is 0 Å². The van der Waals surface area contributed by atoms with Crippen LogP contribution in [-0.4, -0.2) is 4.57 Å². The van der Waals surface area contributed by atoms with Gasteiger partial charge in [0.25, 0.3) is 6.33 Å². The summed E-state index contributed by atoms with van der Waals surface area (Å²) in [6.45, 7) is 12.9. The Balaban J connectivity index is 2.28. The molecule has 0 aliphatic carbocycles. The zero-order valence-electron chi connectivity index (χ0n) is 15.5. The molecule has 4 heteroatoms. The van der Waals surface area contributed by atoms with Crippen molar-refractivity contribution in [1.82, 2.24) is 4.57 Å². The van der Waals surface area contributed by atoms with E-state index < -0.39 is 0 Å². The molecule has 0 unspecified atom stereocenters. The molecule has 0 spiro atoms. The molecule has 0 N–H and O–H groups in total. The molecule has 1 aromatic heterocycles. The Morgan fingerprint density at radius 1 is 0.760 bits per heavy atom. The van der Waals surface area contributed by atoms with Crippen LogP contribution in [0.5, 0.6) is 0 Å². The average Bonchev–Trinajstić information content (AvgIpc) is 2.74. The summed E-state index contributed by atoms with van der Waals surface area (Å²) < 4.78 is 6.10. The summed E-state index contributed by atoms with van der Waals surface area (Å²) in [4.78, 5) is 0. The maximum Gasteiger partial charge on any atom is 0.270 e. The molecule has 0 aliphatic rings. The van der Waals surface area contributed by atoms with Gasteiger partial charge in [0.15, 0.2) is 0 Å². The van der Waals surface area contributed by atoms with E-state index in [4.69, 9.17) is 0 Å². The van der Waals surface area contributed by atoms with E-state index >= 15 is 0 Å². The van der Waals surface area contributed by atoms with Gasteiger partial charge in [0, 0.05) is 0 Å². The van der Waals surface area contributed by atoms with Crippen LogP contribution in [-0.2, 0) is 0 Å². The molecule has 130 valence electrons. The smallest absolute Gasteiger partial charge is 0.270 e. The number of benzene rings is 2. The number of rotatable bonds is 2. The highest BCUT2D eigenvalue weighted by Gasteiger charge is 2.19. The second-order valence-corrected chi connectivity index (χ2v) is 8.35. The first-order valence-corrected chi connectivity index (χ1v) is 9.87. The van der Waals surface area contributed by atoms with Crippen LogP contribution in [0.25, 0.3) is 11.4 Å². The number of halogens is 2. The quantitative estimate of drug-likeness (QED) is 0.330. The molecule has 0 fully saturated rings. The second kappa shape index (κ2) is 6.73. The van der Waals surface area contributed by atoms with Crippen LogP contribution in [0.3, 0.4) is 0 Å². The lowest BCUT2D eigenvalue weighted by molar-refractivity contribution is -0.612. The van der Waals surface area contributed by atoms with Gasteiger partial charge in [0.2, 0.25) is 0 Å². The first-order chi connectivity index (χ1) is 11.7. The fraction of sp³-hybridized carbons (Fsp3) is 0.286. The van der Waals surface area contributed by atoms with Crippen molar-refractivity contribution in [1.29, 1.82) is 0 Å². The van der Waals surface area contributed by atoms with E-state index in [9.17, 15) is 0 Å². The number of aryl methyl sites for hydroxylation is 6. The van der Waals surface area contributed by atoms with Gasteiger partial charge in [-0.15, -0.1) is 0 Å². The predicted octanol–water partition coefficient (Wildman–Crippen LogP) is 5.93. The molecule has 25 heavy (non-hydrogen) atoms. The minimum absolute atomic E-state index is 0.960. The largest absolute Gasteiger partial charge is 0.285 e. The first kappa shape index (κ1) is 18.4. The molecule has 2 aromatic carbocycles. The highest BCUT2D eigenvalue weighted by molar-refractivity contribution is 9.13. The van der Waals surface area contributed by atoms with Crippen molar-refractivity contribution in [3.63, 3.8) is 0 Å². The van der Waals surface area contributed by atoms with Crippen LogP contribution in [0.15, 0.2) is 33.5 Å². The number of aromatic nitrogens is 2. The van der Waals surface area contributed by atoms with Crippen molar-refractivity contribution in [2.45, 2.75) is 41.5 Å². The Kier molecular flexibility index (Phi) is 4.95. The molecule has 1 heterocycles. The zero-order chi connectivity index (χ0) is 18.5. The van der Waals surface area contributed by atoms with Crippen LogP contribution in [0, 0.1) is 47.9 Å². The van der Waals surface area contributed by atoms with Crippen molar-refractivity contribution in [2.24, 2.45) is 0 Å². The molecular weight excluding hydrogens is 440 g/mol. The summed E-state index contributed by atoms with van der Waals surface area (Å²) in [6.07, 6.45) is 3.52. The summed E-state index contributed by atoms with van der Waals surface area (Å²) in [5, 5.41) is 0. The van der Waals surface area contributed by atoms with Crippen LogP contribution < -0.4 is 4.57 Å². The Labute approximate surface area is 166 Å². The molecule has 0 radical (unpaired) electrons. The molecular formula is C21H22Br2N2. The molecule has 3 rings (SSSR count). The average molecular weight is 462 g/mol. The molecule has 3 aromatic rings. The third kappa shape index (κ3) is 3.22. The van der Waals surface area contributed by atoms with E-state index in [1.54, 1.807) is 0 Å². The minimum Gasteiger partial charge on any atom is -0.285 e. The maximum absolute atomic E-state index is 3.75. The first-order valence-electron chi connectivity index (χ1n) is 8.28. The van der Waals surface area contributed by atoms with E-state index in [1.807, 2.05) is 0 Å². The third-order valence-electron chi connectivity index (χ3n) is 4.48. The third-order valence-corrected chi connectivity index (χ3v) is 6.47. The second-order valence-electron chi connectivity index (χ2n) is 6.85. The topological polar surface area (TPSA) is 8.81 Å². The monoisotopic (exact) mass is 460 g/mol. The summed E-state index contributed by atoms with van der Waals surface area (Å²) in [6, 6.07) is 8.85. The highest BCUT2D eigenvalue weighted by atomic mass is 79.9. The van der Waals surface area contributed by atoms with Crippen molar-refractivity contribution in [3.8, 4) is 11.4 Å². The van der Waals surface area contributed by atoms with Crippen LogP contribution in [0.1, 0.15) is 33.4 Å². The van der Waals surface area contributed by atoms with E-state index in [1.165, 1.54) is 44.8 Å². The van der Waals surface area contributed by atoms with Gasteiger partial charge in [-0.3, -0.25) is 9.13 Å². The Hall–Kier alpha value is -1.39. The van der Waals surface area contributed by atoms with Gasteiger partial charge >= 0.3 is 0 Å². The Bertz CT molecular complexity index is 860. The summed E-state index contributed by atoms with van der Waals surface area (Å²) in [5.74, 6) is 0. The van der Waals surface area contributed by atoms with Gasteiger partial charge in [0.05, 0.1) is 11.4 Å². The van der Waals surface area contributed by atoms with E-state index in [0.29, 0.717) is 0 Å². The lowest BCUT2D eigenvalue weighted by Crippen LogP contribution is -2.32. The van der Waals surface area contributed by atoms with Gasteiger partial charge in [-0.2, -0.15) is 0 Å². The molecule has 0 aliphatic heterocycles. The van der Waals surface area contributed by atoms with Crippen molar-refractivity contribution < 1.29 is 4.57 Å². The van der Waals surface area contributed by atoms with Crippen molar-refractivity contribution >= 4 is 31.9 Å². The molecule has 0 bridgehead atoms. The van der Waals surface area contributed by atoms with E-state index in [0.717, 1.165) is 9.21 Å². The fourth-order valence-electron chi connectivity index (χ4n) is 3.72. The van der Waals surface area contributed by atoms with Gasteiger partial charge in [-0.25, -0.2) is 0 Å². The molecule has 0 amide bonds. The molecule has 0 atom stereocenters. The highest BCUT2D eigenvalue weighted by Crippen LogP contribution is 2.30. The summed E-state index contributed by atoms with van der Waals surface area (Å²) >= 11 is 7.50. The normalized spacial score (nSPS) is 11.2. The summed E-state index contributed by atoms with van der Waals surface area (Å²) in [7, 11) is 0. The lowest BCUT2D eigenvalue weighted by Gasteiger charge is -2.13. The molecule has 0 saturated heterocycles. The van der Waals surface area contributed by atoms with Crippen LogP contribution >= 0.6 is 31.9 Å². The fourth-order valence-corrected chi connectivity index (χ4v) is 4.59. The van der Waals surface area contributed by atoms with Crippen LogP contribution in [0.2, 0.25) is 0 Å². The van der Waals surface area contributed by atoms with Gasteiger partial charge in [-0.05, 0) is 63.8 Å². The predicted molar refractivity (Wildman–Crippen MR) is 110 cm³/mol. The van der Waals surface area contributed by atoms with Gasteiger partial charge in [-0.1, -0.05) is 67.3 Å². The zero-order valence-corrected chi connectivity index (χ0v) is 18.6. The number of nitrogens with zero attached hydrogens (tertiary/aromatic N) is 2. The lowest BCUT2D eigenvalue weighted by atomic mass is 10.0. The van der Waals surface area contributed by atoms with Crippen LogP contribution in [0.4, 0.5) is 0 Å². The maximum atomic E-state index is 3.75. The Morgan fingerprint density at radius 2 is 1.20 bits per heavy atom. The minimum atomic E-state index is 0.960. The number of imidazole rings is 1. The Morgan fingerprint density at radius 3 is 1.68 bits per heavy atom. The van der Waals surface area contributed by atoms with Gasteiger partial charge in [0.1, 0.15) is 9.21 Å².